The molecule has 2 rings (SSSR count). The number of aromatic nitrogens is 2. The molecule has 1 saturated carbocycles. The van der Waals surface area contributed by atoms with Crippen LogP contribution in [0.1, 0.15) is 51.1 Å². The van der Waals surface area contributed by atoms with Crippen molar-refractivity contribution in [2.45, 2.75) is 58.0 Å². The molecule has 0 aromatic carbocycles. The van der Waals surface area contributed by atoms with Crippen molar-refractivity contribution < 1.29 is 4.79 Å². The molecule has 1 N–H and O–H groups in total. The van der Waals surface area contributed by atoms with Gasteiger partial charge < -0.3 is 5.32 Å². The zero-order valence-electron chi connectivity index (χ0n) is 11.6. The molecule has 104 valence electrons. The van der Waals surface area contributed by atoms with Gasteiger partial charge in [-0.2, -0.15) is 0 Å². The van der Waals surface area contributed by atoms with Crippen molar-refractivity contribution in [1.29, 1.82) is 0 Å². The Morgan fingerprint density at radius 2 is 2.16 bits per heavy atom. The summed E-state index contributed by atoms with van der Waals surface area (Å²) in [6.07, 6.45) is 5.91. The molecule has 1 aromatic rings. The lowest BCUT2D eigenvalue weighted by atomic mass is 10.1. The Labute approximate surface area is 113 Å². The highest BCUT2D eigenvalue weighted by Gasteiger charge is 2.17. The third kappa shape index (κ3) is 3.66. The minimum atomic E-state index is -0.166. The maximum Gasteiger partial charge on any atom is 0.254 e. The standard InChI is InChI=1S/C14H21N3O2/c1-10(2)12-7-14(19)17(9-15-12)8-13(18)16-11-5-3-4-6-11/h7,9-11H,3-6,8H2,1-2H3,(H,16,18). The highest BCUT2D eigenvalue weighted by Crippen LogP contribution is 2.17. The Hall–Kier alpha value is -1.65. The quantitative estimate of drug-likeness (QED) is 0.893. The van der Waals surface area contributed by atoms with Gasteiger partial charge in [-0.25, -0.2) is 4.98 Å². The normalized spacial score (nSPS) is 15.9. The molecular formula is C14H21N3O2. The number of carbonyl (C=O) groups excluding carboxylic acids is 1. The Balaban J connectivity index is 1.98. The van der Waals surface area contributed by atoms with Gasteiger partial charge in [0.2, 0.25) is 5.91 Å². The maximum absolute atomic E-state index is 11.9. The largest absolute Gasteiger partial charge is 0.352 e. The summed E-state index contributed by atoms with van der Waals surface area (Å²) >= 11 is 0. The molecule has 1 aliphatic carbocycles. The molecule has 1 aromatic heterocycles. The Morgan fingerprint density at radius 3 is 2.74 bits per heavy atom. The lowest BCUT2D eigenvalue weighted by Crippen LogP contribution is -2.37. The Morgan fingerprint density at radius 1 is 1.47 bits per heavy atom. The van der Waals surface area contributed by atoms with Gasteiger partial charge in [0.05, 0.1) is 12.0 Å². The van der Waals surface area contributed by atoms with Crippen molar-refractivity contribution >= 4 is 5.91 Å². The predicted octanol–water partition coefficient (Wildman–Crippen LogP) is 1.43. The minimum absolute atomic E-state index is 0.0563. The van der Waals surface area contributed by atoms with Crippen LogP contribution in [0.15, 0.2) is 17.2 Å². The van der Waals surface area contributed by atoms with E-state index in [9.17, 15) is 9.59 Å². The van der Waals surface area contributed by atoms with Gasteiger partial charge in [-0.15, -0.1) is 0 Å². The van der Waals surface area contributed by atoms with Gasteiger partial charge in [-0.3, -0.25) is 14.2 Å². The Kier molecular flexibility index (Phi) is 4.35. The van der Waals surface area contributed by atoms with Crippen LogP contribution in [0.3, 0.4) is 0 Å². The zero-order chi connectivity index (χ0) is 13.8. The summed E-state index contributed by atoms with van der Waals surface area (Å²) in [7, 11) is 0. The number of rotatable bonds is 4. The van der Waals surface area contributed by atoms with E-state index in [2.05, 4.69) is 10.3 Å². The molecule has 0 aliphatic heterocycles. The van der Waals surface area contributed by atoms with Crippen LogP contribution in [0.4, 0.5) is 0 Å². The first kappa shape index (κ1) is 13.8. The SMILES string of the molecule is CC(C)c1cc(=O)n(CC(=O)NC2CCCC2)cn1. The van der Waals surface area contributed by atoms with Gasteiger partial charge in [-0.1, -0.05) is 26.7 Å². The molecule has 1 heterocycles. The van der Waals surface area contributed by atoms with Crippen LogP contribution in [-0.2, 0) is 11.3 Å². The fourth-order valence-corrected chi connectivity index (χ4v) is 2.37. The second kappa shape index (κ2) is 5.99. The molecule has 0 bridgehead atoms. The van der Waals surface area contributed by atoms with E-state index in [1.807, 2.05) is 13.8 Å². The highest BCUT2D eigenvalue weighted by molar-refractivity contribution is 5.76. The van der Waals surface area contributed by atoms with E-state index in [1.54, 1.807) is 0 Å². The number of hydrogen-bond acceptors (Lipinski definition) is 3. The topological polar surface area (TPSA) is 64.0 Å². The summed E-state index contributed by atoms with van der Waals surface area (Å²) in [5.41, 5.74) is 0.595. The molecule has 1 amide bonds. The number of amides is 1. The third-order valence-corrected chi connectivity index (χ3v) is 3.53. The first-order valence-electron chi connectivity index (χ1n) is 6.92. The van der Waals surface area contributed by atoms with Crippen molar-refractivity contribution in [1.82, 2.24) is 14.9 Å². The molecule has 5 nitrogen and oxygen atoms in total. The number of hydrogen-bond donors (Lipinski definition) is 1. The van der Waals surface area contributed by atoms with Gasteiger partial charge >= 0.3 is 0 Å². The summed E-state index contributed by atoms with van der Waals surface area (Å²) in [6, 6.07) is 1.79. The van der Waals surface area contributed by atoms with Crippen molar-refractivity contribution in [3.63, 3.8) is 0 Å². The van der Waals surface area contributed by atoms with E-state index in [0.29, 0.717) is 0 Å². The van der Waals surface area contributed by atoms with Crippen LogP contribution < -0.4 is 10.9 Å². The van der Waals surface area contributed by atoms with E-state index in [-0.39, 0.29) is 30.0 Å². The van der Waals surface area contributed by atoms with Crippen LogP contribution >= 0.6 is 0 Å². The molecule has 5 heteroatoms. The molecule has 0 spiro atoms. The summed E-state index contributed by atoms with van der Waals surface area (Å²) in [5, 5.41) is 2.97. The van der Waals surface area contributed by atoms with Crippen molar-refractivity contribution in [3.8, 4) is 0 Å². The van der Waals surface area contributed by atoms with Gasteiger partial charge in [0.1, 0.15) is 6.54 Å². The monoisotopic (exact) mass is 263 g/mol. The average Bonchev–Trinajstić information content (AvgIpc) is 2.84. The van der Waals surface area contributed by atoms with Crippen molar-refractivity contribution in [2.75, 3.05) is 0 Å². The highest BCUT2D eigenvalue weighted by atomic mass is 16.2. The van der Waals surface area contributed by atoms with Crippen molar-refractivity contribution in [2.24, 2.45) is 0 Å². The fourth-order valence-electron chi connectivity index (χ4n) is 2.37. The lowest BCUT2D eigenvalue weighted by Gasteiger charge is -2.13. The van der Waals surface area contributed by atoms with Crippen LogP contribution in [-0.4, -0.2) is 21.5 Å². The number of carbonyl (C=O) groups is 1. The first-order valence-corrected chi connectivity index (χ1v) is 6.92. The third-order valence-electron chi connectivity index (χ3n) is 3.53. The Bertz CT molecular complexity index is 502. The minimum Gasteiger partial charge on any atom is -0.352 e. The van der Waals surface area contributed by atoms with Crippen LogP contribution in [0, 0.1) is 0 Å². The average molecular weight is 263 g/mol. The van der Waals surface area contributed by atoms with E-state index < -0.39 is 0 Å². The van der Waals surface area contributed by atoms with E-state index in [0.717, 1.165) is 18.5 Å². The maximum atomic E-state index is 11.9. The van der Waals surface area contributed by atoms with E-state index in [1.165, 1.54) is 29.8 Å². The molecule has 0 saturated heterocycles. The van der Waals surface area contributed by atoms with Crippen LogP contribution in [0.5, 0.6) is 0 Å². The molecule has 1 aliphatic rings. The first-order chi connectivity index (χ1) is 9.06. The molecule has 1 fully saturated rings. The summed E-state index contributed by atoms with van der Waals surface area (Å²) in [6.45, 7) is 4.03. The lowest BCUT2D eigenvalue weighted by molar-refractivity contribution is -0.122. The molecular weight excluding hydrogens is 242 g/mol. The number of nitrogens with zero attached hydrogens (tertiary/aromatic N) is 2. The van der Waals surface area contributed by atoms with Crippen LogP contribution in [0.25, 0.3) is 0 Å². The van der Waals surface area contributed by atoms with Gasteiger partial charge in [0.15, 0.2) is 0 Å². The van der Waals surface area contributed by atoms with Crippen molar-refractivity contribution in [3.05, 3.63) is 28.4 Å². The van der Waals surface area contributed by atoms with E-state index in [4.69, 9.17) is 0 Å². The molecule has 0 radical (unpaired) electrons. The molecule has 0 unspecified atom stereocenters. The predicted molar refractivity (Wildman–Crippen MR) is 73.0 cm³/mol. The summed E-state index contributed by atoms with van der Waals surface area (Å²) in [5.74, 6) is 0.114. The number of nitrogens with one attached hydrogen (secondary N) is 1. The second-order valence-electron chi connectivity index (χ2n) is 5.48. The molecule has 0 atom stereocenters. The smallest absolute Gasteiger partial charge is 0.254 e. The zero-order valence-corrected chi connectivity index (χ0v) is 11.6. The molecule has 19 heavy (non-hydrogen) atoms. The summed E-state index contributed by atoms with van der Waals surface area (Å²) < 4.78 is 1.36. The second-order valence-corrected chi connectivity index (χ2v) is 5.48. The van der Waals surface area contributed by atoms with E-state index >= 15 is 0 Å². The summed E-state index contributed by atoms with van der Waals surface area (Å²) in [4.78, 5) is 27.9. The van der Waals surface area contributed by atoms with Gasteiger partial charge in [-0.05, 0) is 18.8 Å². The van der Waals surface area contributed by atoms with Gasteiger partial charge in [0.25, 0.3) is 5.56 Å². The fraction of sp³-hybridized carbons (Fsp3) is 0.643. The van der Waals surface area contributed by atoms with Crippen LogP contribution in [0.2, 0.25) is 0 Å². The van der Waals surface area contributed by atoms with Gasteiger partial charge in [0, 0.05) is 12.1 Å².